The van der Waals surface area contributed by atoms with Crippen LogP contribution in [0.1, 0.15) is 36.7 Å². The molecule has 0 unspecified atom stereocenters. The molecular weight excluding hydrogens is 378 g/mol. The average Bonchev–Trinajstić information content (AvgIpc) is 3.30. The third-order valence-corrected chi connectivity index (χ3v) is 5.60. The highest BCUT2D eigenvalue weighted by atomic mass is 32.1. The molecule has 5 nitrogen and oxygen atoms in total. The number of rotatable bonds is 5. The summed E-state index contributed by atoms with van der Waals surface area (Å²) in [5, 5.41) is 9.76. The molecule has 3 aromatic rings. The Hall–Kier alpha value is -2.51. The molecule has 0 aliphatic heterocycles. The summed E-state index contributed by atoms with van der Waals surface area (Å²) in [5.74, 6) is -0.578. The van der Waals surface area contributed by atoms with E-state index in [0.29, 0.717) is 10.7 Å². The predicted molar refractivity (Wildman–Crippen MR) is 112 cm³/mol. The number of carbonyl (C=O) groups is 2. The van der Waals surface area contributed by atoms with Crippen LogP contribution in [0.3, 0.4) is 0 Å². The van der Waals surface area contributed by atoms with Gasteiger partial charge in [-0.15, -0.1) is 22.7 Å². The summed E-state index contributed by atoms with van der Waals surface area (Å²) in [6.45, 7) is 6.26. The standard InChI is InChI=1S/C20H21N3O2S2/c1-20(2,3)14-8-6-13(7-9-14)18(25)21-11-17(24)23-19-22-15(12-27-19)16-5-4-10-26-16/h4-10,12H,11H2,1-3H3,(H,21,25)(H,22,23,24). The summed E-state index contributed by atoms with van der Waals surface area (Å²) < 4.78 is 0. The summed E-state index contributed by atoms with van der Waals surface area (Å²) in [4.78, 5) is 29.7. The van der Waals surface area contributed by atoms with E-state index in [1.807, 2.05) is 35.0 Å². The Morgan fingerprint density at radius 1 is 1.07 bits per heavy atom. The highest BCUT2D eigenvalue weighted by Crippen LogP contribution is 2.28. The van der Waals surface area contributed by atoms with Gasteiger partial charge in [0.2, 0.25) is 5.91 Å². The number of nitrogens with one attached hydrogen (secondary N) is 2. The molecule has 0 aliphatic rings. The zero-order chi connectivity index (χ0) is 19.4. The molecule has 0 saturated heterocycles. The van der Waals surface area contributed by atoms with Crippen molar-refractivity contribution in [1.29, 1.82) is 0 Å². The third-order valence-electron chi connectivity index (χ3n) is 3.95. The van der Waals surface area contributed by atoms with Crippen molar-refractivity contribution in [3.8, 4) is 10.6 Å². The van der Waals surface area contributed by atoms with E-state index in [2.05, 4.69) is 36.4 Å². The maximum absolute atomic E-state index is 12.2. The third kappa shape index (κ3) is 5.02. The molecular formula is C20H21N3O2S2. The second kappa shape index (κ2) is 8.02. The van der Waals surface area contributed by atoms with Crippen molar-refractivity contribution in [1.82, 2.24) is 10.3 Å². The molecule has 0 aliphatic carbocycles. The molecule has 0 bridgehead atoms. The SMILES string of the molecule is CC(C)(C)c1ccc(C(=O)NCC(=O)Nc2nc(-c3cccs3)cs2)cc1. The van der Waals surface area contributed by atoms with E-state index in [4.69, 9.17) is 0 Å². The molecule has 140 valence electrons. The van der Waals surface area contributed by atoms with Crippen LogP contribution in [0.15, 0.2) is 47.2 Å². The number of thiazole rings is 1. The minimum atomic E-state index is -0.304. The van der Waals surface area contributed by atoms with Gasteiger partial charge in [0.05, 0.1) is 17.1 Å². The Kier molecular flexibility index (Phi) is 5.72. The van der Waals surface area contributed by atoms with Gasteiger partial charge in [-0.05, 0) is 34.6 Å². The topological polar surface area (TPSA) is 71.1 Å². The number of aromatic nitrogens is 1. The van der Waals surface area contributed by atoms with E-state index in [1.165, 1.54) is 11.3 Å². The summed E-state index contributed by atoms with van der Waals surface area (Å²) in [5.41, 5.74) is 2.56. The number of carbonyl (C=O) groups excluding carboxylic acids is 2. The molecule has 3 rings (SSSR count). The van der Waals surface area contributed by atoms with Gasteiger partial charge in [-0.3, -0.25) is 9.59 Å². The van der Waals surface area contributed by atoms with Gasteiger partial charge in [0.1, 0.15) is 0 Å². The molecule has 0 fully saturated rings. The molecule has 1 aromatic carbocycles. The first-order valence-electron chi connectivity index (χ1n) is 8.51. The van der Waals surface area contributed by atoms with Gasteiger partial charge in [-0.2, -0.15) is 0 Å². The van der Waals surface area contributed by atoms with Gasteiger partial charge in [0, 0.05) is 10.9 Å². The van der Waals surface area contributed by atoms with Gasteiger partial charge >= 0.3 is 0 Å². The van der Waals surface area contributed by atoms with Crippen LogP contribution in [0.4, 0.5) is 5.13 Å². The second-order valence-corrected chi connectivity index (χ2v) is 8.88. The summed E-state index contributed by atoms with van der Waals surface area (Å²) in [7, 11) is 0. The van der Waals surface area contributed by atoms with E-state index in [1.54, 1.807) is 23.5 Å². The summed E-state index contributed by atoms with van der Waals surface area (Å²) >= 11 is 2.96. The van der Waals surface area contributed by atoms with Gasteiger partial charge in [0.15, 0.2) is 5.13 Å². The van der Waals surface area contributed by atoms with Gasteiger partial charge in [-0.1, -0.05) is 39.0 Å². The summed E-state index contributed by atoms with van der Waals surface area (Å²) in [6.07, 6.45) is 0. The molecule has 2 aromatic heterocycles. The Labute approximate surface area is 166 Å². The Morgan fingerprint density at radius 2 is 1.81 bits per heavy atom. The molecule has 2 amide bonds. The van der Waals surface area contributed by atoms with Crippen molar-refractivity contribution in [2.75, 3.05) is 11.9 Å². The van der Waals surface area contributed by atoms with E-state index in [0.717, 1.165) is 16.1 Å². The lowest BCUT2D eigenvalue weighted by molar-refractivity contribution is -0.115. The molecule has 0 radical (unpaired) electrons. The van der Waals surface area contributed by atoms with Crippen LogP contribution in [-0.4, -0.2) is 23.3 Å². The highest BCUT2D eigenvalue weighted by molar-refractivity contribution is 7.16. The smallest absolute Gasteiger partial charge is 0.251 e. The normalized spacial score (nSPS) is 11.2. The quantitative estimate of drug-likeness (QED) is 0.662. The number of hydrogen-bond acceptors (Lipinski definition) is 5. The van der Waals surface area contributed by atoms with Crippen molar-refractivity contribution in [2.45, 2.75) is 26.2 Å². The maximum Gasteiger partial charge on any atom is 0.251 e. The Bertz CT molecular complexity index is 923. The van der Waals surface area contributed by atoms with E-state index in [9.17, 15) is 9.59 Å². The number of anilines is 1. The van der Waals surface area contributed by atoms with Crippen LogP contribution >= 0.6 is 22.7 Å². The van der Waals surface area contributed by atoms with Crippen molar-refractivity contribution in [3.05, 3.63) is 58.3 Å². The van der Waals surface area contributed by atoms with Crippen molar-refractivity contribution >= 4 is 39.6 Å². The Morgan fingerprint density at radius 3 is 2.44 bits per heavy atom. The van der Waals surface area contributed by atoms with Crippen molar-refractivity contribution in [3.63, 3.8) is 0 Å². The minimum Gasteiger partial charge on any atom is -0.343 e. The molecule has 0 saturated carbocycles. The zero-order valence-corrected chi connectivity index (χ0v) is 17.0. The highest BCUT2D eigenvalue weighted by Gasteiger charge is 2.15. The van der Waals surface area contributed by atoms with Crippen molar-refractivity contribution in [2.24, 2.45) is 0 Å². The van der Waals surface area contributed by atoms with E-state index < -0.39 is 0 Å². The molecule has 7 heteroatoms. The van der Waals surface area contributed by atoms with Crippen LogP contribution in [0.5, 0.6) is 0 Å². The lowest BCUT2D eigenvalue weighted by Crippen LogP contribution is -2.32. The first-order chi connectivity index (χ1) is 12.8. The van der Waals surface area contributed by atoms with E-state index >= 15 is 0 Å². The second-order valence-electron chi connectivity index (χ2n) is 7.07. The number of benzene rings is 1. The first-order valence-corrected chi connectivity index (χ1v) is 10.3. The monoisotopic (exact) mass is 399 g/mol. The number of thiophene rings is 1. The fourth-order valence-corrected chi connectivity index (χ4v) is 3.90. The fourth-order valence-electron chi connectivity index (χ4n) is 2.42. The maximum atomic E-state index is 12.2. The molecule has 2 N–H and O–H groups in total. The average molecular weight is 400 g/mol. The molecule has 27 heavy (non-hydrogen) atoms. The fraction of sp³-hybridized carbons (Fsp3) is 0.250. The van der Waals surface area contributed by atoms with Gasteiger partial charge in [-0.25, -0.2) is 4.98 Å². The zero-order valence-electron chi connectivity index (χ0n) is 15.4. The summed E-state index contributed by atoms with van der Waals surface area (Å²) in [6, 6.07) is 11.4. The molecule has 0 spiro atoms. The number of hydrogen-bond donors (Lipinski definition) is 2. The van der Waals surface area contributed by atoms with Crippen LogP contribution in [0, 0.1) is 0 Å². The molecule has 0 atom stereocenters. The number of amides is 2. The van der Waals surface area contributed by atoms with Crippen LogP contribution in [0.2, 0.25) is 0 Å². The van der Waals surface area contributed by atoms with Crippen LogP contribution in [-0.2, 0) is 10.2 Å². The van der Waals surface area contributed by atoms with Gasteiger partial charge < -0.3 is 10.6 Å². The molecule has 2 heterocycles. The minimum absolute atomic E-state index is 0.0323. The lowest BCUT2D eigenvalue weighted by atomic mass is 9.87. The van der Waals surface area contributed by atoms with Crippen LogP contribution in [0.25, 0.3) is 10.6 Å². The van der Waals surface area contributed by atoms with Gasteiger partial charge in [0.25, 0.3) is 5.91 Å². The van der Waals surface area contributed by atoms with Crippen molar-refractivity contribution < 1.29 is 9.59 Å². The first kappa shape index (κ1) is 19.3. The number of nitrogens with zero attached hydrogens (tertiary/aromatic N) is 1. The van der Waals surface area contributed by atoms with Crippen LogP contribution < -0.4 is 10.6 Å². The largest absolute Gasteiger partial charge is 0.343 e. The lowest BCUT2D eigenvalue weighted by Gasteiger charge is -2.19. The predicted octanol–water partition coefficient (Wildman–Crippen LogP) is 4.54. The van der Waals surface area contributed by atoms with E-state index in [-0.39, 0.29) is 23.8 Å². The Balaban J connectivity index is 1.52.